The molecule has 0 heterocycles. The molecule has 0 saturated heterocycles. The largest absolute Gasteiger partial charge is 0.472 e. The molecule has 0 amide bonds. The number of carbonyl (C=O) groups is 2. The Bertz CT molecular complexity index is 1280. The van der Waals surface area contributed by atoms with Crippen molar-refractivity contribution in [2.45, 2.75) is 294 Å². The SMILES string of the molecule is CCCCCC/C=C\C/C=C\CCCCCCCC(=O)OC(COC(=O)CCCCCCCCCCCCCCCCCCCCCCCCC)COP(=O)(O)OC1C(O)C(O)C(O)C(O)C1O. The van der Waals surface area contributed by atoms with E-state index in [0.717, 1.165) is 64.2 Å². The molecular formula is C54H101O13P. The first-order chi connectivity index (χ1) is 32.9. The molecule has 0 aromatic carbocycles. The Balaban J connectivity index is 2.33. The maximum atomic E-state index is 12.9. The van der Waals surface area contributed by atoms with Gasteiger partial charge in [0.2, 0.25) is 0 Å². The molecule has 0 spiro atoms. The fraction of sp³-hybridized carbons (Fsp3) is 0.889. The van der Waals surface area contributed by atoms with Crippen molar-refractivity contribution in [2.24, 2.45) is 0 Å². The third-order valence-electron chi connectivity index (χ3n) is 13.0. The van der Waals surface area contributed by atoms with E-state index in [9.17, 15) is 44.6 Å². The molecule has 0 aromatic rings. The minimum atomic E-state index is -5.12. The number of phosphoric ester groups is 1. The number of hydrogen-bond acceptors (Lipinski definition) is 12. The number of aliphatic hydroxyl groups is 5. The lowest BCUT2D eigenvalue weighted by Crippen LogP contribution is -2.64. The highest BCUT2D eigenvalue weighted by atomic mass is 31.2. The summed E-state index contributed by atoms with van der Waals surface area (Å²) in [6, 6.07) is 0. The fourth-order valence-corrected chi connectivity index (χ4v) is 9.59. The number of allylic oxidation sites excluding steroid dienone is 4. The molecule has 1 fully saturated rings. The minimum Gasteiger partial charge on any atom is -0.462 e. The van der Waals surface area contributed by atoms with E-state index in [4.69, 9.17) is 18.5 Å². The van der Waals surface area contributed by atoms with Gasteiger partial charge in [0.15, 0.2) is 6.10 Å². The van der Waals surface area contributed by atoms with Crippen LogP contribution in [0, 0.1) is 0 Å². The highest BCUT2D eigenvalue weighted by molar-refractivity contribution is 7.47. The van der Waals surface area contributed by atoms with Crippen molar-refractivity contribution in [2.75, 3.05) is 13.2 Å². The molecule has 6 N–H and O–H groups in total. The van der Waals surface area contributed by atoms with Crippen LogP contribution >= 0.6 is 7.82 Å². The molecule has 1 aliphatic carbocycles. The van der Waals surface area contributed by atoms with Crippen LogP contribution in [0.25, 0.3) is 0 Å². The van der Waals surface area contributed by atoms with Crippen LogP contribution in [-0.4, -0.2) is 98.3 Å². The second-order valence-electron chi connectivity index (χ2n) is 19.4. The Kier molecular flexibility index (Phi) is 41.7. The highest BCUT2D eigenvalue weighted by Gasteiger charge is 2.51. The molecule has 6 unspecified atom stereocenters. The topological polar surface area (TPSA) is 210 Å². The lowest BCUT2D eigenvalue weighted by molar-refractivity contribution is -0.220. The van der Waals surface area contributed by atoms with E-state index < -0.39 is 75.7 Å². The molecule has 68 heavy (non-hydrogen) atoms. The Labute approximate surface area is 413 Å². The van der Waals surface area contributed by atoms with Gasteiger partial charge in [0.25, 0.3) is 0 Å². The Morgan fingerprint density at radius 2 is 0.794 bits per heavy atom. The van der Waals surface area contributed by atoms with Gasteiger partial charge in [-0.2, -0.15) is 0 Å². The fourth-order valence-electron chi connectivity index (χ4n) is 8.61. The number of aliphatic hydroxyl groups excluding tert-OH is 5. The lowest BCUT2D eigenvalue weighted by atomic mass is 9.85. The van der Waals surface area contributed by atoms with Crippen LogP contribution in [0.5, 0.6) is 0 Å². The van der Waals surface area contributed by atoms with Crippen LogP contribution in [0.2, 0.25) is 0 Å². The summed E-state index contributed by atoms with van der Waals surface area (Å²) in [5.41, 5.74) is 0. The van der Waals surface area contributed by atoms with E-state index in [1.54, 1.807) is 0 Å². The summed E-state index contributed by atoms with van der Waals surface area (Å²) in [6.45, 7) is 3.32. The van der Waals surface area contributed by atoms with Gasteiger partial charge in [-0.15, -0.1) is 0 Å². The van der Waals surface area contributed by atoms with Gasteiger partial charge in [0, 0.05) is 12.8 Å². The van der Waals surface area contributed by atoms with Crippen molar-refractivity contribution in [1.29, 1.82) is 0 Å². The van der Waals surface area contributed by atoms with Gasteiger partial charge in [-0.1, -0.05) is 218 Å². The zero-order chi connectivity index (χ0) is 49.9. The minimum absolute atomic E-state index is 0.0838. The number of carbonyl (C=O) groups excluding carboxylic acids is 2. The second kappa shape index (κ2) is 44.1. The van der Waals surface area contributed by atoms with Crippen molar-refractivity contribution < 1.29 is 63.1 Å². The van der Waals surface area contributed by atoms with Gasteiger partial charge < -0.3 is 39.9 Å². The van der Waals surface area contributed by atoms with Gasteiger partial charge in [-0.25, -0.2) is 4.57 Å². The van der Waals surface area contributed by atoms with Crippen LogP contribution in [0.1, 0.15) is 251 Å². The standard InChI is InChI=1S/C54H101O13P/c1-3-5-7-9-11-13-15-17-19-21-22-23-24-25-26-27-29-30-32-34-36-38-40-42-47(55)64-44-46(45-65-68(62,63)67-54-52(60)50(58)49(57)51(59)53(54)61)66-48(56)43-41-39-37-35-33-31-28-20-18-16-14-12-10-8-6-4-2/h14,16,20,28,46,49-54,57-61H,3-13,15,17-19,21-27,29-45H2,1-2H3,(H,62,63)/b16-14-,28-20-. The highest BCUT2D eigenvalue weighted by Crippen LogP contribution is 2.47. The molecule has 0 radical (unpaired) electrons. The first-order valence-electron chi connectivity index (χ1n) is 27.6. The molecule has 13 nitrogen and oxygen atoms in total. The van der Waals surface area contributed by atoms with Crippen molar-refractivity contribution in [1.82, 2.24) is 0 Å². The lowest BCUT2D eigenvalue weighted by Gasteiger charge is -2.41. The Morgan fingerprint density at radius 1 is 0.456 bits per heavy atom. The van der Waals surface area contributed by atoms with Gasteiger partial charge in [-0.05, 0) is 44.9 Å². The molecule has 0 bridgehead atoms. The number of rotatable bonds is 47. The monoisotopic (exact) mass is 989 g/mol. The van der Waals surface area contributed by atoms with Crippen molar-refractivity contribution in [3.05, 3.63) is 24.3 Å². The molecule has 400 valence electrons. The van der Waals surface area contributed by atoms with Crippen molar-refractivity contribution in [3.63, 3.8) is 0 Å². The van der Waals surface area contributed by atoms with Crippen LogP contribution < -0.4 is 0 Å². The zero-order valence-electron chi connectivity index (χ0n) is 42.9. The predicted molar refractivity (Wildman–Crippen MR) is 272 cm³/mol. The average molecular weight is 989 g/mol. The van der Waals surface area contributed by atoms with Crippen LogP contribution in [0.4, 0.5) is 0 Å². The molecule has 0 aliphatic heterocycles. The number of unbranched alkanes of at least 4 members (excludes halogenated alkanes) is 31. The van der Waals surface area contributed by atoms with E-state index in [1.807, 2.05) is 0 Å². The average Bonchev–Trinajstić information content (AvgIpc) is 3.32. The van der Waals surface area contributed by atoms with Gasteiger partial charge in [-0.3, -0.25) is 18.6 Å². The van der Waals surface area contributed by atoms with E-state index in [0.29, 0.717) is 12.8 Å². The van der Waals surface area contributed by atoms with Crippen LogP contribution in [0.15, 0.2) is 24.3 Å². The van der Waals surface area contributed by atoms with Crippen LogP contribution in [0.3, 0.4) is 0 Å². The van der Waals surface area contributed by atoms with Gasteiger partial charge in [0.1, 0.15) is 43.2 Å². The quantitative estimate of drug-likeness (QED) is 0.0145. The summed E-state index contributed by atoms with van der Waals surface area (Å²) in [5, 5.41) is 50.3. The number of ether oxygens (including phenoxy) is 2. The first kappa shape index (κ1) is 64.3. The van der Waals surface area contributed by atoms with E-state index in [-0.39, 0.29) is 12.8 Å². The second-order valence-corrected chi connectivity index (χ2v) is 20.9. The number of esters is 2. The smallest absolute Gasteiger partial charge is 0.462 e. The van der Waals surface area contributed by atoms with Gasteiger partial charge in [0.05, 0.1) is 6.61 Å². The third kappa shape index (κ3) is 35.4. The van der Waals surface area contributed by atoms with E-state index >= 15 is 0 Å². The summed E-state index contributed by atoms with van der Waals surface area (Å²) in [7, 11) is -5.12. The summed E-state index contributed by atoms with van der Waals surface area (Å²) in [6.07, 6.45) is 38.0. The Hall–Kier alpha value is -1.67. The third-order valence-corrected chi connectivity index (χ3v) is 14.0. The molecule has 1 rings (SSSR count). The maximum absolute atomic E-state index is 12.9. The van der Waals surface area contributed by atoms with Crippen molar-refractivity contribution in [3.8, 4) is 0 Å². The molecule has 0 aromatic heterocycles. The summed E-state index contributed by atoms with van der Waals surface area (Å²) >= 11 is 0. The predicted octanol–water partition coefficient (Wildman–Crippen LogP) is 12.3. The molecule has 14 heteroatoms. The molecular weight excluding hydrogens is 888 g/mol. The zero-order valence-corrected chi connectivity index (χ0v) is 43.8. The number of phosphoric acid groups is 1. The normalized spacial score (nSPS) is 21.1. The van der Waals surface area contributed by atoms with E-state index in [1.165, 1.54) is 148 Å². The van der Waals surface area contributed by atoms with Crippen LogP contribution in [-0.2, 0) is 32.7 Å². The molecule has 6 atom stereocenters. The number of hydrogen-bond donors (Lipinski definition) is 6. The first-order valence-corrected chi connectivity index (χ1v) is 29.1. The van der Waals surface area contributed by atoms with Crippen molar-refractivity contribution >= 4 is 19.8 Å². The van der Waals surface area contributed by atoms with Gasteiger partial charge >= 0.3 is 19.8 Å². The summed E-state index contributed by atoms with van der Waals surface area (Å²) in [5.74, 6) is -1.10. The Morgan fingerprint density at radius 3 is 1.21 bits per heavy atom. The van der Waals surface area contributed by atoms with E-state index in [2.05, 4.69) is 38.2 Å². The summed E-state index contributed by atoms with van der Waals surface area (Å²) < 4.78 is 33.7. The molecule has 1 aliphatic rings. The molecule has 1 saturated carbocycles. The maximum Gasteiger partial charge on any atom is 0.472 e. The summed E-state index contributed by atoms with van der Waals surface area (Å²) in [4.78, 5) is 35.9.